The molecule has 0 aromatic rings. The maximum absolute atomic E-state index is 0. The highest BCUT2D eigenvalue weighted by molar-refractivity contribution is 5.76. The maximum atomic E-state index is 0. The lowest BCUT2D eigenvalue weighted by Gasteiger charge is -0.00100. The van der Waals surface area contributed by atoms with Crippen molar-refractivity contribution in [2.24, 2.45) is 0 Å². The fourth-order valence-electron chi connectivity index (χ4n) is 0. The molecule has 0 spiro atoms. The number of hydrogen-bond donors (Lipinski definition) is 0. The molecule has 0 saturated carbocycles. The zero-order valence-corrected chi connectivity index (χ0v) is 2.93. The van der Waals surface area contributed by atoms with Gasteiger partial charge in [-0.1, -0.05) is 0 Å². The molecule has 0 N–H and O–H groups in total. The van der Waals surface area contributed by atoms with Crippen LogP contribution >= 0.6 is 0 Å². The molecule has 0 saturated heterocycles. The minimum absolute atomic E-state index is 0. The van der Waals surface area contributed by atoms with E-state index in [1.807, 2.05) is 0 Å². The van der Waals surface area contributed by atoms with Gasteiger partial charge in [-0.25, -0.2) is 0 Å². The third kappa shape index (κ3) is 78.1. The molecule has 0 amide bonds. The molecule has 12 radical (unpaired) electrons. The summed E-state index contributed by atoms with van der Waals surface area (Å²) < 4.78 is 0. The van der Waals surface area contributed by atoms with Crippen LogP contribution in [-0.2, 0) is 5.48 Å². The Kier molecular flexibility index (Phi) is 101000. The molecule has 0 aliphatic carbocycles. The van der Waals surface area contributed by atoms with Gasteiger partial charge in [-0.05, 0) is 0 Å². The van der Waals surface area contributed by atoms with Crippen LogP contribution in [-0.4, -0.2) is 19.4 Å². The lowest BCUT2D eigenvalue weighted by atomic mass is 10.8. The van der Waals surface area contributed by atoms with Crippen LogP contribution in [0.3, 0.4) is 0 Å². The minimum Gasteiger partial charge on any atom is 0 e. The monoisotopic (exact) mass is 69.0 g/mol. The summed E-state index contributed by atoms with van der Waals surface area (Å²) in [5.74, 6) is 0. The van der Waals surface area contributed by atoms with Crippen LogP contribution in [0.1, 0.15) is 0 Å². The third-order valence-corrected chi connectivity index (χ3v) is 0. The highest BCUT2D eigenvalue weighted by atomic mass is 28.1. The summed E-state index contributed by atoms with van der Waals surface area (Å²) in [5, 5.41) is 0. The molecule has 0 bridgehead atoms. The molecule has 0 aliphatic rings. The predicted molar refractivity (Wildman–Crippen MR) is 14.3 cm³/mol. The molecular weight excluding hydrogens is 68.9 g/mol. The topological polar surface area (TPSA) is 59.0 Å². The van der Waals surface area contributed by atoms with Crippen molar-refractivity contribution in [2.75, 3.05) is 0 Å². The molecule has 4 heteroatoms. The van der Waals surface area contributed by atoms with E-state index in [1.165, 1.54) is 0 Å². The van der Waals surface area contributed by atoms with Crippen LogP contribution in [0.2, 0.25) is 0 Å². The van der Waals surface area contributed by atoms with Crippen molar-refractivity contribution in [2.45, 2.75) is 0 Å². The second-order valence-electron chi connectivity index (χ2n) is 0. The standard InChI is InChI=1S/B.N.O.Si. The molecule has 0 rings (SSSR count). The average Bonchev–Trinajstić information content (AvgIpc) is 0. The smallest absolute Gasteiger partial charge is 0 e. The van der Waals surface area contributed by atoms with E-state index < -0.39 is 0 Å². The van der Waals surface area contributed by atoms with Crippen molar-refractivity contribution in [3.8, 4) is 0 Å². The molecule has 0 aromatic heterocycles. The first-order valence-electron chi connectivity index (χ1n) is 0. The quantitative estimate of drug-likeness (QED) is 0.315. The molecule has 0 aromatic carbocycles. The molecule has 18 valence electrons. The summed E-state index contributed by atoms with van der Waals surface area (Å²) in [5.41, 5.74) is 0. The Labute approximate surface area is 32.1 Å². The first-order valence-corrected chi connectivity index (χ1v) is 0. The number of hydrogen-bond acceptors (Lipinski definition) is 0. The zero-order chi connectivity index (χ0) is 0. The summed E-state index contributed by atoms with van der Waals surface area (Å²) in [4.78, 5) is 0. The van der Waals surface area contributed by atoms with Crippen LogP contribution in [0.25, 0.3) is 0 Å². The Morgan fingerprint density at radius 1 is 1.00 bits per heavy atom. The molecule has 0 atom stereocenters. The molecule has 0 fully saturated rings. The van der Waals surface area contributed by atoms with Crippen molar-refractivity contribution in [1.29, 1.82) is 0 Å². The highest BCUT2D eigenvalue weighted by Gasteiger charge is 0.00300. The van der Waals surface area contributed by atoms with Gasteiger partial charge in [0.15, 0.2) is 0 Å². The zero-order valence-electron chi connectivity index (χ0n) is 1.93. The Morgan fingerprint density at radius 2 is 1.00 bits per heavy atom. The largest absolute Gasteiger partial charge is 0 e. The van der Waals surface area contributed by atoms with Crippen LogP contribution in [0.5, 0.6) is 0 Å². The van der Waals surface area contributed by atoms with E-state index in [9.17, 15) is 0 Å². The van der Waals surface area contributed by atoms with Crippen LogP contribution in [0.15, 0.2) is 0 Å². The summed E-state index contributed by atoms with van der Waals surface area (Å²) in [6, 6.07) is 0. The first kappa shape index (κ1) is 1060. The molecular formula is BNOSi. The van der Waals surface area contributed by atoms with Gasteiger partial charge in [-0.15, -0.1) is 0 Å². The van der Waals surface area contributed by atoms with Gasteiger partial charge in [0.25, 0.3) is 0 Å². The van der Waals surface area contributed by atoms with Gasteiger partial charge in [0.2, 0.25) is 0 Å². The molecule has 0 aliphatic heterocycles. The van der Waals surface area contributed by atoms with Crippen molar-refractivity contribution in [3.63, 3.8) is 0 Å². The van der Waals surface area contributed by atoms with Crippen molar-refractivity contribution in [1.82, 2.24) is 6.15 Å². The van der Waals surface area contributed by atoms with E-state index in [0.717, 1.165) is 0 Å². The summed E-state index contributed by atoms with van der Waals surface area (Å²) in [7, 11) is 0. The predicted octanol–water partition coefficient (Wildman–Crippen LogP) is -1.36. The van der Waals surface area contributed by atoms with Gasteiger partial charge in [0.05, 0.1) is 0 Å². The van der Waals surface area contributed by atoms with E-state index in [-0.39, 0.29) is 31.0 Å². The van der Waals surface area contributed by atoms with Crippen LogP contribution in [0.4, 0.5) is 0 Å². The SMILES string of the molecule is [B].[N].[O].[Si]. The third-order valence-electron chi connectivity index (χ3n) is 0. The summed E-state index contributed by atoms with van der Waals surface area (Å²) in [6.07, 6.45) is 0. The van der Waals surface area contributed by atoms with Crippen LogP contribution < -0.4 is 6.15 Å². The van der Waals surface area contributed by atoms with Gasteiger partial charge in [-0.3, -0.25) is 0 Å². The van der Waals surface area contributed by atoms with Gasteiger partial charge in [-0.2, -0.15) is 0 Å². The van der Waals surface area contributed by atoms with E-state index in [0.29, 0.717) is 0 Å². The highest BCUT2D eigenvalue weighted by Crippen LogP contribution is -0.119. The van der Waals surface area contributed by atoms with Gasteiger partial charge in [0, 0.05) is 31.0 Å². The molecule has 2 nitrogen and oxygen atoms in total. The van der Waals surface area contributed by atoms with Crippen LogP contribution in [0, 0.1) is 0 Å². The van der Waals surface area contributed by atoms with Gasteiger partial charge >= 0.3 is 0 Å². The summed E-state index contributed by atoms with van der Waals surface area (Å²) in [6.45, 7) is 0. The lowest BCUT2D eigenvalue weighted by Crippen LogP contribution is -0.481. The molecule has 4 heavy (non-hydrogen) atoms. The van der Waals surface area contributed by atoms with E-state index in [2.05, 4.69) is 0 Å². The fraction of sp³-hybridized carbons (Fsp3) is 0. The average molecular weight is 68.9 g/mol. The Bertz CT molecular complexity index is 8.00. The minimum atomic E-state index is 0. The normalized spacial score (nSPS) is 0. The maximum Gasteiger partial charge on any atom is 0 e. The fourth-order valence-corrected chi connectivity index (χ4v) is 0. The van der Waals surface area contributed by atoms with Gasteiger partial charge < -0.3 is 0 Å². The number of rotatable bonds is 0. The van der Waals surface area contributed by atoms with Crippen molar-refractivity contribution in [3.05, 3.63) is 0 Å². The summed E-state index contributed by atoms with van der Waals surface area (Å²) >= 11 is 0. The van der Waals surface area contributed by atoms with Crippen molar-refractivity contribution < 1.29 is 5.48 Å². The Hall–Kier alpha value is 0.202. The Balaban J connectivity index is 0. The number of nitrogens with zero attached hydrogens (tertiary/aromatic N) is 1. The van der Waals surface area contributed by atoms with Crippen molar-refractivity contribution >= 4 is 19.4 Å². The second-order valence-corrected chi connectivity index (χ2v) is 0. The molecule has 0 heterocycles. The lowest BCUT2D eigenvalue weighted by molar-refractivity contribution is 0.686. The second kappa shape index (κ2) is 381. The van der Waals surface area contributed by atoms with E-state index >= 15 is 0 Å². The van der Waals surface area contributed by atoms with Gasteiger partial charge in [0.1, 0.15) is 0 Å². The van der Waals surface area contributed by atoms with E-state index in [4.69, 9.17) is 0 Å². The molecule has 0 unspecified atom stereocenters. The van der Waals surface area contributed by atoms with E-state index in [1.54, 1.807) is 0 Å². The Morgan fingerprint density at radius 3 is 1.00 bits per heavy atom. The first-order chi connectivity index (χ1) is 0.